The van der Waals surface area contributed by atoms with Gasteiger partial charge in [0.25, 0.3) is 0 Å². The summed E-state index contributed by atoms with van der Waals surface area (Å²) in [6, 6.07) is 3.12. The van der Waals surface area contributed by atoms with Gasteiger partial charge in [-0.25, -0.2) is 4.39 Å². The van der Waals surface area contributed by atoms with Crippen molar-refractivity contribution in [1.82, 2.24) is 4.98 Å². The highest BCUT2D eigenvalue weighted by atomic mass is 19.1. The second-order valence-electron chi connectivity index (χ2n) is 5.29. The summed E-state index contributed by atoms with van der Waals surface area (Å²) < 4.78 is 13.7. The van der Waals surface area contributed by atoms with Crippen LogP contribution in [-0.2, 0) is 0 Å². The molecule has 0 aliphatic carbocycles. The van der Waals surface area contributed by atoms with E-state index in [0.29, 0.717) is 5.92 Å². The molecule has 3 heteroatoms. The maximum Gasteiger partial charge on any atom is 0.124 e. The van der Waals surface area contributed by atoms with Gasteiger partial charge in [-0.05, 0) is 49.9 Å². The van der Waals surface area contributed by atoms with Crippen molar-refractivity contribution in [3.63, 3.8) is 0 Å². The predicted molar refractivity (Wildman–Crippen MR) is 79.4 cm³/mol. The van der Waals surface area contributed by atoms with Crippen LogP contribution in [0.2, 0.25) is 0 Å². The number of nitrogens with zero attached hydrogens (tertiary/aromatic N) is 1. The molecule has 0 saturated carbocycles. The Hall–Kier alpha value is -1.64. The van der Waals surface area contributed by atoms with Crippen LogP contribution in [-0.4, -0.2) is 11.5 Å². The van der Waals surface area contributed by atoms with Crippen LogP contribution in [0.5, 0.6) is 0 Å². The van der Waals surface area contributed by atoms with Gasteiger partial charge in [0.15, 0.2) is 0 Å². The Kier molecular flexibility index (Phi) is 3.74. The van der Waals surface area contributed by atoms with Crippen molar-refractivity contribution in [1.29, 1.82) is 0 Å². The van der Waals surface area contributed by atoms with Gasteiger partial charge in [-0.2, -0.15) is 0 Å². The average molecular weight is 260 g/mol. The molecule has 2 rings (SSSR count). The maximum absolute atomic E-state index is 13.7. The first-order valence-electron chi connectivity index (χ1n) is 6.79. The molecule has 1 aromatic heterocycles. The van der Waals surface area contributed by atoms with E-state index in [1.807, 2.05) is 13.8 Å². The summed E-state index contributed by atoms with van der Waals surface area (Å²) in [5.41, 5.74) is 5.00. The van der Waals surface area contributed by atoms with Gasteiger partial charge >= 0.3 is 0 Å². The van der Waals surface area contributed by atoms with Gasteiger partial charge in [-0.3, -0.25) is 4.98 Å². The van der Waals surface area contributed by atoms with Crippen LogP contribution in [0.3, 0.4) is 0 Å². The third-order valence-corrected chi connectivity index (χ3v) is 3.40. The normalized spacial score (nSPS) is 11.3. The monoisotopic (exact) mass is 260 g/mol. The third-order valence-electron chi connectivity index (χ3n) is 3.40. The molecule has 0 aliphatic rings. The number of aryl methyl sites for hydroxylation is 2. The van der Waals surface area contributed by atoms with Crippen LogP contribution in [0.15, 0.2) is 12.1 Å². The van der Waals surface area contributed by atoms with Crippen molar-refractivity contribution in [2.75, 3.05) is 11.9 Å². The lowest BCUT2D eigenvalue weighted by atomic mass is 9.95. The summed E-state index contributed by atoms with van der Waals surface area (Å²) >= 11 is 0. The fraction of sp³-hybridized carbons (Fsp3) is 0.438. The number of rotatable bonds is 3. The lowest BCUT2D eigenvalue weighted by molar-refractivity contribution is 0.628. The number of halogens is 1. The van der Waals surface area contributed by atoms with Gasteiger partial charge in [-0.1, -0.05) is 13.8 Å². The van der Waals surface area contributed by atoms with Crippen LogP contribution in [0.4, 0.5) is 10.1 Å². The molecule has 0 fully saturated rings. The first kappa shape index (κ1) is 13.8. The predicted octanol–water partition coefficient (Wildman–Crippen LogP) is 4.55. The van der Waals surface area contributed by atoms with E-state index in [0.717, 1.165) is 34.4 Å². The molecule has 19 heavy (non-hydrogen) atoms. The minimum absolute atomic E-state index is 0.204. The molecule has 2 nitrogen and oxygen atoms in total. The first-order chi connectivity index (χ1) is 8.95. The van der Waals surface area contributed by atoms with Gasteiger partial charge in [0, 0.05) is 23.3 Å². The lowest BCUT2D eigenvalue weighted by Gasteiger charge is -2.19. The van der Waals surface area contributed by atoms with Crippen molar-refractivity contribution >= 4 is 16.6 Å². The Balaban J connectivity index is 2.89. The van der Waals surface area contributed by atoms with Crippen molar-refractivity contribution in [2.45, 2.75) is 40.5 Å². The summed E-state index contributed by atoms with van der Waals surface area (Å²) in [4.78, 5) is 4.67. The van der Waals surface area contributed by atoms with Crippen LogP contribution in [0, 0.1) is 19.7 Å². The smallest absolute Gasteiger partial charge is 0.124 e. The van der Waals surface area contributed by atoms with Gasteiger partial charge in [0.2, 0.25) is 0 Å². The van der Waals surface area contributed by atoms with E-state index >= 15 is 0 Å². The summed E-state index contributed by atoms with van der Waals surface area (Å²) in [5.74, 6) is 0.152. The Labute approximate surface area is 114 Å². The second kappa shape index (κ2) is 5.16. The largest absolute Gasteiger partial charge is 0.384 e. The molecule has 0 radical (unpaired) electrons. The number of aromatic nitrogens is 1. The van der Waals surface area contributed by atoms with E-state index < -0.39 is 0 Å². The molecule has 1 aromatic carbocycles. The third kappa shape index (κ3) is 2.42. The Morgan fingerprint density at radius 2 is 1.95 bits per heavy atom. The number of hydrogen-bond acceptors (Lipinski definition) is 2. The molecule has 0 aliphatic heterocycles. The number of anilines is 1. The van der Waals surface area contributed by atoms with Gasteiger partial charge in [-0.15, -0.1) is 0 Å². The molecule has 0 spiro atoms. The fourth-order valence-corrected chi connectivity index (χ4v) is 2.70. The van der Waals surface area contributed by atoms with Gasteiger partial charge in [0.1, 0.15) is 5.82 Å². The second-order valence-corrected chi connectivity index (χ2v) is 5.29. The maximum atomic E-state index is 13.7. The number of nitrogens with one attached hydrogen (secondary N) is 1. The average Bonchev–Trinajstić information content (AvgIpc) is 2.30. The summed E-state index contributed by atoms with van der Waals surface area (Å²) in [5, 5.41) is 4.27. The van der Waals surface area contributed by atoms with E-state index in [1.165, 1.54) is 5.56 Å². The summed E-state index contributed by atoms with van der Waals surface area (Å²) in [6.45, 7) is 11.1. The molecule has 1 heterocycles. The molecule has 102 valence electrons. The van der Waals surface area contributed by atoms with Crippen LogP contribution < -0.4 is 5.32 Å². The number of pyridine rings is 1. The zero-order chi connectivity index (χ0) is 14.2. The minimum Gasteiger partial charge on any atom is -0.384 e. The van der Waals surface area contributed by atoms with E-state index in [1.54, 1.807) is 12.1 Å². The highest BCUT2D eigenvalue weighted by Crippen LogP contribution is 2.35. The summed E-state index contributed by atoms with van der Waals surface area (Å²) in [7, 11) is 0. The molecule has 0 atom stereocenters. The zero-order valence-electron chi connectivity index (χ0n) is 12.3. The number of hydrogen-bond donors (Lipinski definition) is 1. The highest BCUT2D eigenvalue weighted by molar-refractivity contribution is 5.95. The van der Waals surface area contributed by atoms with E-state index in [2.05, 4.69) is 31.1 Å². The number of fused-ring (bicyclic) bond motifs is 1. The highest BCUT2D eigenvalue weighted by Gasteiger charge is 2.16. The molecule has 0 amide bonds. The zero-order valence-corrected chi connectivity index (χ0v) is 12.3. The van der Waals surface area contributed by atoms with Crippen molar-refractivity contribution in [2.24, 2.45) is 0 Å². The Morgan fingerprint density at radius 3 is 2.53 bits per heavy atom. The standard InChI is InChI=1S/C16H21FN2/c1-6-18-16-13-8-12(17)7-10(4)15(13)19-11(5)14(16)9(2)3/h7-9H,6H2,1-5H3,(H,18,19). The molecule has 1 N–H and O–H groups in total. The lowest BCUT2D eigenvalue weighted by Crippen LogP contribution is -2.07. The van der Waals surface area contributed by atoms with Crippen LogP contribution in [0.25, 0.3) is 10.9 Å². The molecule has 0 saturated heterocycles. The van der Waals surface area contributed by atoms with Crippen molar-refractivity contribution in [3.05, 3.63) is 34.8 Å². The van der Waals surface area contributed by atoms with E-state index in [-0.39, 0.29) is 5.82 Å². The van der Waals surface area contributed by atoms with Gasteiger partial charge in [0.05, 0.1) is 5.52 Å². The van der Waals surface area contributed by atoms with E-state index in [9.17, 15) is 4.39 Å². The van der Waals surface area contributed by atoms with Crippen molar-refractivity contribution < 1.29 is 4.39 Å². The fourth-order valence-electron chi connectivity index (χ4n) is 2.70. The van der Waals surface area contributed by atoms with Crippen LogP contribution in [0.1, 0.15) is 43.5 Å². The Bertz CT molecular complexity index is 618. The Morgan fingerprint density at radius 1 is 1.26 bits per heavy atom. The molecule has 2 aromatic rings. The summed E-state index contributed by atoms with van der Waals surface area (Å²) in [6.07, 6.45) is 0. The van der Waals surface area contributed by atoms with Crippen LogP contribution >= 0.6 is 0 Å². The minimum atomic E-state index is -0.204. The molecular weight excluding hydrogens is 239 g/mol. The molecule has 0 bridgehead atoms. The van der Waals surface area contributed by atoms with Crippen molar-refractivity contribution in [3.8, 4) is 0 Å². The topological polar surface area (TPSA) is 24.9 Å². The quantitative estimate of drug-likeness (QED) is 0.876. The SMILES string of the molecule is CCNc1c(C(C)C)c(C)nc2c(C)cc(F)cc12. The molecular formula is C16H21FN2. The van der Waals surface area contributed by atoms with Gasteiger partial charge < -0.3 is 5.32 Å². The molecule has 0 unspecified atom stereocenters. The number of benzene rings is 1. The first-order valence-corrected chi connectivity index (χ1v) is 6.79. The van der Waals surface area contributed by atoms with E-state index in [4.69, 9.17) is 0 Å².